The molecule has 14 heavy (non-hydrogen) atoms. The number of fused-ring (bicyclic) bond motifs is 1. The standard InChI is InChI=1S/C12H22O2/c1-8(2)14-7-11(13)12-9-5-3-4-6-10(9)12/h8-13H,3-7H2,1-2H3. The number of rotatable bonds is 4. The van der Waals surface area contributed by atoms with Crippen molar-refractivity contribution in [1.29, 1.82) is 0 Å². The summed E-state index contributed by atoms with van der Waals surface area (Å²) in [6.45, 7) is 4.58. The first-order valence-electron chi connectivity index (χ1n) is 6.00. The molecule has 0 aromatic rings. The average Bonchev–Trinajstić information content (AvgIpc) is 2.88. The van der Waals surface area contributed by atoms with Gasteiger partial charge in [0.2, 0.25) is 0 Å². The van der Waals surface area contributed by atoms with Gasteiger partial charge >= 0.3 is 0 Å². The van der Waals surface area contributed by atoms with Gasteiger partial charge in [0.25, 0.3) is 0 Å². The van der Waals surface area contributed by atoms with E-state index in [1.165, 1.54) is 25.7 Å². The number of hydrogen-bond donors (Lipinski definition) is 1. The van der Waals surface area contributed by atoms with E-state index in [-0.39, 0.29) is 12.2 Å². The lowest BCUT2D eigenvalue weighted by atomic mass is 10.0. The quantitative estimate of drug-likeness (QED) is 0.750. The molecule has 0 amide bonds. The van der Waals surface area contributed by atoms with Gasteiger partial charge in [-0.05, 0) is 44.4 Å². The van der Waals surface area contributed by atoms with Crippen LogP contribution in [0, 0.1) is 17.8 Å². The number of aliphatic hydroxyl groups excluding tert-OH is 1. The first-order valence-corrected chi connectivity index (χ1v) is 6.00. The summed E-state index contributed by atoms with van der Waals surface area (Å²) in [4.78, 5) is 0. The molecule has 2 aliphatic rings. The molecule has 3 atom stereocenters. The summed E-state index contributed by atoms with van der Waals surface area (Å²) in [6, 6.07) is 0. The minimum atomic E-state index is -0.203. The Morgan fingerprint density at radius 2 is 1.79 bits per heavy atom. The van der Waals surface area contributed by atoms with E-state index in [2.05, 4.69) is 0 Å². The molecule has 0 heterocycles. The lowest BCUT2D eigenvalue weighted by Gasteiger charge is -2.13. The molecule has 1 N–H and O–H groups in total. The number of ether oxygens (including phenoxy) is 1. The molecule has 2 fully saturated rings. The van der Waals surface area contributed by atoms with Crippen LogP contribution in [0.15, 0.2) is 0 Å². The van der Waals surface area contributed by atoms with Crippen molar-refractivity contribution in [1.82, 2.24) is 0 Å². The van der Waals surface area contributed by atoms with Crippen LogP contribution < -0.4 is 0 Å². The minimum absolute atomic E-state index is 0.203. The zero-order valence-electron chi connectivity index (χ0n) is 9.28. The topological polar surface area (TPSA) is 29.5 Å². The van der Waals surface area contributed by atoms with Crippen LogP contribution in [-0.2, 0) is 4.74 Å². The van der Waals surface area contributed by atoms with Crippen LogP contribution in [-0.4, -0.2) is 23.9 Å². The summed E-state index contributed by atoms with van der Waals surface area (Å²) in [7, 11) is 0. The molecule has 3 unspecified atom stereocenters. The van der Waals surface area contributed by atoms with Gasteiger partial charge in [-0.15, -0.1) is 0 Å². The van der Waals surface area contributed by atoms with Gasteiger partial charge in [-0.3, -0.25) is 0 Å². The van der Waals surface area contributed by atoms with Crippen molar-refractivity contribution in [2.24, 2.45) is 17.8 Å². The Kier molecular flexibility index (Phi) is 3.13. The molecule has 2 saturated carbocycles. The van der Waals surface area contributed by atoms with Crippen molar-refractivity contribution in [2.75, 3.05) is 6.61 Å². The van der Waals surface area contributed by atoms with E-state index in [4.69, 9.17) is 4.74 Å². The SMILES string of the molecule is CC(C)OCC(O)C1C2CCCCC21. The van der Waals surface area contributed by atoms with Gasteiger partial charge in [0.15, 0.2) is 0 Å². The van der Waals surface area contributed by atoms with E-state index >= 15 is 0 Å². The molecular formula is C12H22O2. The highest BCUT2D eigenvalue weighted by molar-refractivity contribution is 5.02. The molecule has 0 radical (unpaired) electrons. The highest BCUT2D eigenvalue weighted by Crippen LogP contribution is 2.56. The van der Waals surface area contributed by atoms with Crippen molar-refractivity contribution in [3.63, 3.8) is 0 Å². The first-order chi connectivity index (χ1) is 6.70. The molecule has 0 spiro atoms. The van der Waals surface area contributed by atoms with Crippen LogP contribution in [0.1, 0.15) is 39.5 Å². The second kappa shape index (κ2) is 4.19. The second-order valence-corrected chi connectivity index (χ2v) is 5.14. The average molecular weight is 198 g/mol. The maximum atomic E-state index is 9.94. The smallest absolute Gasteiger partial charge is 0.0807 e. The molecule has 0 saturated heterocycles. The molecule has 2 nitrogen and oxygen atoms in total. The van der Waals surface area contributed by atoms with E-state index in [9.17, 15) is 5.11 Å². The Labute approximate surface area is 86.6 Å². The first kappa shape index (κ1) is 10.4. The van der Waals surface area contributed by atoms with E-state index < -0.39 is 0 Å². The molecule has 0 aliphatic heterocycles. The summed E-state index contributed by atoms with van der Waals surface area (Å²) in [6.07, 6.45) is 5.46. The van der Waals surface area contributed by atoms with Gasteiger partial charge in [-0.1, -0.05) is 12.8 Å². The van der Waals surface area contributed by atoms with Gasteiger partial charge < -0.3 is 9.84 Å². The largest absolute Gasteiger partial charge is 0.390 e. The van der Waals surface area contributed by atoms with E-state index in [1.807, 2.05) is 13.8 Å². The Morgan fingerprint density at radius 3 is 2.29 bits per heavy atom. The van der Waals surface area contributed by atoms with E-state index in [0.717, 1.165) is 11.8 Å². The van der Waals surface area contributed by atoms with Crippen LogP contribution in [0.2, 0.25) is 0 Å². The third-order valence-corrected chi connectivity index (χ3v) is 3.77. The summed E-state index contributed by atoms with van der Waals surface area (Å²) >= 11 is 0. The fourth-order valence-corrected chi connectivity index (χ4v) is 3.02. The third kappa shape index (κ3) is 2.12. The maximum absolute atomic E-state index is 9.94. The molecule has 82 valence electrons. The zero-order valence-corrected chi connectivity index (χ0v) is 9.28. The van der Waals surface area contributed by atoms with Crippen molar-refractivity contribution in [2.45, 2.75) is 51.7 Å². The highest BCUT2D eigenvalue weighted by Gasteiger charge is 2.53. The van der Waals surface area contributed by atoms with Gasteiger partial charge in [0.1, 0.15) is 0 Å². The fourth-order valence-electron chi connectivity index (χ4n) is 3.02. The third-order valence-electron chi connectivity index (χ3n) is 3.77. The van der Waals surface area contributed by atoms with Gasteiger partial charge in [0, 0.05) is 0 Å². The van der Waals surface area contributed by atoms with Crippen molar-refractivity contribution in [3.05, 3.63) is 0 Å². The lowest BCUT2D eigenvalue weighted by Crippen LogP contribution is -2.21. The predicted molar refractivity (Wildman–Crippen MR) is 56.0 cm³/mol. The van der Waals surface area contributed by atoms with Gasteiger partial charge in [-0.25, -0.2) is 0 Å². The molecular weight excluding hydrogens is 176 g/mol. The zero-order chi connectivity index (χ0) is 10.1. The Balaban J connectivity index is 1.74. The Morgan fingerprint density at radius 1 is 1.21 bits per heavy atom. The van der Waals surface area contributed by atoms with Crippen LogP contribution in [0.25, 0.3) is 0 Å². The van der Waals surface area contributed by atoms with Gasteiger partial charge in [-0.2, -0.15) is 0 Å². The number of hydrogen-bond acceptors (Lipinski definition) is 2. The monoisotopic (exact) mass is 198 g/mol. The van der Waals surface area contributed by atoms with Crippen LogP contribution in [0.5, 0.6) is 0 Å². The minimum Gasteiger partial charge on any atom is -0.390 e. The van der Waals surface area contributed by atoms with E-state index in [1.54, 1.807) is 0 Å². The van der Waals surface area contributed by atoms with E-state index in [0.29, 0.717) is 12.5 Å². The maximum Gasteiger partial charge on any atom is 0.0807 e. The van der Waals surface area contributed by atoms with Crippen molar-refractivity contribution >= 4 is 0 Å². The Bertz CT molecular complexity index is 179. The van der Waals surface area contributed by atoms with Crippen molar-refractivity contribution in [3.8, 4) is 0 Å². The summed E-state index contributed by atoms with van der Waals surface area (Å²) in [5.74, 6) is 2.22. The highest BCUT2D eigenvalue weighted by atomic mass is 16.5. The predicted octanol–water partition coefficient (Wildman–Crippen LogP) is 2.21. The van der Waals surface area contributed by atoms with Crippen molar-refractivity contribution < 1.29 is 9.84 Å². The number of aliphatic hydroxyl groups is 1. The van der Waals surface area contributed by atoms with Crippen LogP contribution in [0.3, 0.4) is 0 Å². The molecule has 0 aromatic carbocycles. The summed E-state index contributed by atoms with van der Waals surface area (Å²) < 4.78 is 5.46. The fraction of sp³-hybridized carbons (Fsp3) is 1.00. The van der Waals surface area contributed by atoms with Crippen LogP contribution in [0.4, 0.5) is 0 Å². The Hall–Kier alpha value is -0.0800. The summed E-state index contributed by atoms with van der Waals surface area (Å²) in [5, 5.41) is 9.94. The molecule has 2 aliphatic carbocycles. The van der Waals surface area contributed by atoms with Crippen LogP contribution >= 0.6 is 0 Å². The lowest BCUT2D eigenvalue weighted by molar-refractivity contribution is -0.00684. The summed E-state index contributed by atoms with van der Waals surface area (Å²) in [5.41, 5.74) is 0. The molecule has 0 bridgehead atoms. The molecule has 0 aromatic heterocycles. The molecule has 2 heteroatoms. The second-order valence-electron chi connectivity index (χ2n) is 5.14. The normalized spacial score (nSPS) is 38.1. The van der Waals surface area contributed by atoms with Gasteiger partial charge in [0.05, 0.1) is 18.8 Å². The molecule has 2 rings (SSSR count).